The zero-order valence-corrected chi connectivity index (χ0v) is 16.9. The van der Waals surface area contributed by atoms with E-state index in [2.05, 4.69) is 35.1 Å². The van der Waals surface area contributed by atoms with Crippen molar-refractivity contribution in [3.63, 3.8) is 0 Å². The molecule has 0 aliphatic rings. The zero-order valence-electron chi connectivity index (χ0n) is 12.9. The van der Waals surface area contributed by atoms with Crippen molar-refractivity contribution in [2.45, 2.75) is 12.2 Å². The molecule has 1 atom stereocenters. The highest BCUT2D eigenvalue weighted by Gasteiger charge is 2.05. The fourth-order valence-electron chi connectivity index (χ4n) is 1.06. The summed E-state index contributed by atoms with van der Waals surface area (Å²) >= 11 is 3.58. The van der Waals surface area contributed by atoms with E-state index < -0.39 is 0 Å². The molecule has 0 heterocycles. The SMILES string of the molecule is CSCCNC(=NCC(=O)N(C)C)NCC(C)SC.I. The summed E-state index contributed by atoms with van der Waals surface area (Å²) in [4.78, 5) is 17.4. The molecule has 0 spiro atoms. The number of nitrogens with zero attached hydrogens (tertiary/aromatic N) is 2. The van der Waals surface area contributed by atoms with E-state index in [9.17, 15) is 4.79 Å². The minimum atomic E-state index is 0. The van der Waals surface area contributed by atoms with Crippen molar-refractivity contribution in [1.82, 2.24) is 15.5 Å². The summed E-state index contributed by atoms with van der Waals surface area (Å²) < 4.78 is 0. The maximum absolute atomic E-state index is 11.5. The largest absolute Gasteiger partial charge is 0.356 e. The third-order valence-corrected chi connectivity index (χ3v) is 4.01. The van der Waals surface area contributed by atoms with E-state index in [1.807, 2.05) is 0 Å². The number of nitrogens with one attached hydrogen (secondary N) is 2. The average Bonchev–Trinajstić information content (AvgIpc) is 2.40. The lowest BCUT2D eigenvalue weighted by Crippen LogP contribution is -2.41. The molecule has 20 heavy (non-hydrogen) atoms. The van der Waals surface area contributed by atoms with Gasteiger partial charge >= 0.3 is 0 Å². The van der Waals surface area contributed by atoms with Crippen LogP contribution in [0.2, 0.25) is 0 Å². The normalized spacial score (nSPS) is 12.3. The van der Waals surface area contributed by atoms with Gasteiger partial charge in [-0.2, -0.15) is 23.5 Å². The van der Waals surface area contributed by atoms with E-state index in [1.54, 1.807) is 42.5 Å². The molecule has 0 saturated carbocycles. The number of halogens is 1. The second-order valence-electron chi connectivity index (χ2n) is 4.30. The van der Waals surface area contributed by atoms with Crippen molar-refractivity contribution in [2.75, 3.05) is 52.0 Å². The second kappa shape index (κ2) is 14.1. The molecule has 0 fully saturated rings. The number of guanidine groups is 1. The minimum absolute atomic E-state index is 0. The van der Waals surface area contributed by atoms with Gasteiger partial charge in [-0.15, -0.1) is 24.0 Å². The summed E-state index contributed by atoms with van der Waals surface area (Å²) in [5.74, 6) is 1.73. The Morgan fingerprint density at radius 1 is 1.30 bits per heavy atom. The number of likely N-dealkylation sites (N-methyl/N-ethyl adjacent to an activating group) is 1. The molecular weight excluding hydrogens is 407 g/mol. The van der Waals surface area contributed by atoms with Gasteiger partial charge in [0.2, 0.25) is 5.91 Å². The first kappa shape index (κ1) is 22.5. The van der Waals surface area contributed by atoms with Crippen molar-refractivity contribution < 1.29 is 4.79 Å². The summed E-state index contributed by atoms with van der Waals surface area (Å²) in [7, 11) is 3.48. The van der Waals surface area contributed by atoms with E-state index in [0.717, 1.165) is 18.8 Å². The molecule has 8 heteroatoms. The molecule has 120 valence electrons. The van der Waals surface area contributed by atoms with E-state index in [-0.39, 0.29) is 36.4 Å². The molecule has 0 aliphatic carbocycles. The topological polar surface area (TPSA) is 56.7 Å². The van der Waals surface area contributed by atoms with Crippen LogP contribution in [-0.2, 0) is 4.79 Å². The molecule has 0 bridgehead atoms. The van der Waals surface area contributed by atoms with Gasteiger partial charge in [0.25, 0.3) is 0 Å². The number of aliphatic imine (C=N–C) groups is 1. The van der Waals surface area contributed by atoms with Gasteiger partial charge in [0.1, 0.15) is 6.54 Å². The van der Waals surface area contributed by atoms with Gasteiger partial charge < -0.3 is 15.5 Å². The average molecular weight is 434 g/mol. The third kappa shape index (κ3) is 12.0. The Labute approximate surface area is 148 Å². The van der Waals surface area contributed by atoms with Crippen LogP contribution in [0.4, 0.5) is 0 Å². The highest BCUT2D eigenvalue weighted by Crippen LogP contribution is 2.02. The Morgan fingerprint density at radius 3 is 2.45 bits per heavy atom. The van der Waals surface area contributed by atoms with E-state index >= 15 is 0 Å². The first-order chi connectivity index (χ1) is 9.01. The first-order valence-electron chi connectivity index (χ1n) is 6.25. The fourth-order valence-corrected chi connectivity index (χ4v) is 1.61. The van der Waals surface area contributed by atoms with Gasteiger partial charge in [-0.25, -0.2) is 4.99 Å². The Morgan fingerprint density at radius 2 is 1.95 bits per heavy atom. The molecule has 0 aromatic rings. The maximum Gasteiger partial charge on any atom is 0.243 e. The number of amides is 1. The molecule has 0 aromatic carbocycles. The smallest absolute Gasteiger partial charge is 0.243 e. The summed E-state index contributed by atoms with van der Waals surface area (Å²) in [6.07, 6.45) is 4.15. The molecule has 0 rings (SSSR count). The number of thioether (sulfide) groups is 2. The number of carbonyl (C=O) groups is 1. The van der Waals surface area contributed by atoms with Crippen LogP contribution in [0.1, 0.15) is 6.92 Å². The Bertz CT molecular complexity index is 291. The zero-order chi connectivity index (χ0) is 14.7. The number of hydrogen-bond donors (Lipinski definition) is 2. The highest BCUT2D eigenvalue weighted by atomic mass is 127. The van der Waals surface area contributed by atoms with Crippen LogP contribution in [0.15, 0.2) is 4.99 Å². The van der Waals surface area contributed by atoms with Gasteiger partial charge in [-0.1, -0.05) is 6.92 Å². The standard InChI is InChI=1S/C12H26N4OS2.HI/c1-10(19-5)8-14-12(13-6-7-18-4)15-9-11(17)16(2)3;/h10H,6-9H2,1-5H3,(H2,13,14,15);1H. The molecule has 1 unspecified atom stereocenters. The van der Waals surface area contributed by atoms with Crippen LogP contribution in [0, 0.1) is 0 Å². The number of rotatable bonds is 8. The predicted octanol–water partition coefficient (Wildman–Crippen LogP) is 1.34. The predicted molar refractivity (Wildman–Crippen MR) is 104 cm³/mol. The number of hydrogen-bond acceptors (Lipinski definition) is 4. The quantitative estimate of drug-likeness (QED) is 0.262. The van der Waals surface area contributed by atoms with E-state index in [0.29, 0.717) is 11.2 Å². The van der Waals surface area contributed by atoms with Crippen molar-refractivity contribution in [3.05, 3.63) is 0 Å². The van der Waals surface area contributed by atoms with Crippen molar-refractivity contribution in [3.8, 4) is 0 Å². The van der Waals surface area contributed by atoms with Crippen molar-refractivity contribution in [1.29, 1.82) is 0 Å². The Hall–Kier alpha value is 0.170. The van der Waals surface area contributed by atoms with Gasteiger partial charge in [0, 0.05) is 38.2 Å². The second-order valence-corrected chi connectivity index (χ2v) is 6.56. The fraction of sp³-hybridized carbons (Fsp3) is 0.833. The summed E-state index contributed by atoms with van der Waals surface area (Å²) in [5, 5.41) is 7.01. The summed E-state index contributed by atoms with van der Waals surface area (Å²) in [5.41, 5.74) is 0. The van der Waals surface area contributed by atoms with Gasteiger partial charge in [-0.05, 0) is 12.5 Å². The van der Waals surface area contributed by atoms with Crippen molar-refractivity contribution >= 4 is 59.4 Å². The summed E-state index contributed by atoms with van der Waals surface area (Å²) in [6.45, 7) is 4.01. The van der Waals surface area contributed by atoms with Crippen LogP contribution in [0.3, 0.4) is 0 Å². The summed E-state index contributed by atoms with van der Waals surface area (Å²) in [6, 6.07) is 0. The molecule has 1 amide bonds. The molecule has 0 aliphatic heterocycles. The maximum atomic E-state index is 11.5. The van der Waals surface area contributed by atoms with Crippen LogP contribution < -0.4 is 10.6 Å². The molecule has 0 aromatic heterocycles. The lowest BCUT2D eigenvalue weighted by Gasteiger charge is -2.15. The molecule has 2 N–H and O–H groups in total. The molecule has 0 saturated heterocycles. The Balaban J connectivity index is 0. The van der Waals surface area contributed by atoms with E-state index in [4.69, 9.17) is 0 Å². The Kier molecular flexibility index (Phi) is 15.9. The number of carbonyl (C=O) groups excluding carboxylic acids is 1. The molecule has 0 radical (unpaired) electrons. The molecular formula is C12H27IN4OS2. The van der Waals surface area contributed by atoms with Gasteiger partial charge in [-0.3, -0.25) is 4.79 Å². The first-order valence-corrected chi connectivity index (χ1v) is 8.93. The van der Waals surface area contributed by atoms with Crippen molar-refractivity contribution in [2.24, 2.45) is 4.99 Å². The highest BCUT2D eigenvalue weighted by molar-refractivity contribution is 14.0. The molecule has 5 nitrogen and oxygen atoms in total. The minimum Gasteiger partial charge on any atom is -0.356 e. The monoisotopic (exact) mass is 434 g/mol. The lowest BCUT2D eigenvalue weighted by atomic mass is 10.5. The third-order valence-electron chi connectivity index (χ3n) is 2.43. The van der Waals surface area contributed by atoms with Crippen LogP contribution in [-0.4, -0.2) is 74.0 Å². The lowest BCUT2D eigenvalue weighted by molar-refractivity contribution is -0.127. The van der Waals surface area contributed by atoms with E-state index in [1.165, 1.54) is 0 Å². The van der Waals surface area contributed by atoms with Gasteiger partial charge in [0.15, 0.2) is 5.96 Å². The van der Waals surface area contributed by atoms with Gasteiger partial charge in [0.05, 0.1) is 0 Å². The van der Waals surface area contributed by atoms with Crippen LogP contribution >= 0.6 is 47.5 Å². The van der Waals surface area contributed by atoms with Crippen LogP contribution in [0.5, 0.6) is 0 Å². The van der Waals surface area contributed by atoms with Crippen LogP contribution in [0.25, 0.3) is 0 Å².